The van der Waals surface area contributed by atoms with Crippen LogP contribution in [0.3, 0.4) is 0 Å². The summed E-state index contributed by atoms with van der Waals surface area (Å²) < 4.78 is 10.7. The lowest BCUT2D eigenvalue weighted by Gasteiger charge is -2.19. The predicted octanol–water partition coefficient (Wildman–Crippen LogP) is 4.46. The van der Waals surface area contributed by atoms with Gasteiger partial charge in [-0.05, 0) is 45.0 Å². The molecule has 138 valence electrons. The van der Waals surface area contributed by atoms with Gasteiger partial charge in [0.05, 0.1) is 23.2 Å². The number of hydrogen-bond donors (Lipinski definition) is 1. The predicted molar refractivity (Wildman–Crippen MR) is 95.5 cm³/mol. The summed E-state index contributed by atoms with van der Waals surface area (Å²) in [5.41, 5.74) is -0.523. The van der Waals surface area contributed by atoms with Crippen molar-refractivity contribution < 1.29 is 19.2 Å². The zero-order chi connectivity index (χ0) is 19.3. The number of nitro benzene ring substituents is 1. The fourth-order valence-corrected chi connectivity index (χ4v) is 2.10. The van der Waals surface area contributed by atoms with Crippen LogP contribution >= 0.6 is 11.6 Å². The van der Waals surface area contributed by atoms with E-state index < -0.39 is 16.6 Å². The van der Waals surface area contributed by atoms with Crippen molar-refractivity contribution in [3.63, 3.8) is 0 Å². The van der Waals surface area contributed by atoms with Crippen molar-refractivity contribution >= 4 is 23.4 Å². The van der Waals surface area contributed by atoms with Gasteiger partial charge in [-0.25, -0.2) is 9.78 Å². The van der Waals surface area contributed by atoms with E-state index in [1.54, 1.807) is 32.9 Å². The number of pyridine rings is 1. The van der Waals surface area contributed by atoms with E-state index in [-0.39, 0.29) is 17.8 Å². The molecule has 0 saturated heterocycles. The topological polar surface area (TPSA) is 104 Å². The van der Waals surface area contributed by atoms with Crippen LogP contribution in [0.15, 0.2) is 36.5 Å². The second-order valence-electron chi connectivity index (χ2n) is 6.32. The van der Waals surface area contributed by atoms with E-state index in [0.717, 1.165) is 0 Å². The summed E-state index contributed by atoms with van der Waals surface area (Å²) in [4.78, 5) is 26.3. The van der Waals surface area contributed by atoms with Crippen LogP contribution in [0.25, 0.3) is 0 Å². The Hall–Kier alpha value is -2.87. The summed E-state index contributed by atoms with van der Waals surface area (Å²) in [6, 6.07) is 7.43. The van der Waals surface area contributed by atoms with E-state index in [4.69, 9.17) is 21.1 Å². The van der Waals surface area contributed by atoms with E-state index in [1.165, 1.54) is 24.4 Å². The Kier molecular flexibility index (Phi) is 5.99. The monoisotopic (exact) mass is 379 g/mol. The highest BCUT2D eigenvalue weighted by Gasteiger charge is 2.19. The van der Waals surface area contributed by atoms with E-state index in [0.29, 0.717) is 16.7 Å². The number of nitrogens with zero attached hydrogens (tertiary/aromatic N) is 2. The molecule has 0 spiro atoms. The molecule has 1 aromatic carbocycles. The Balaban J connectivity index is 2.15. The Morgan fingerprint density at radius 1 is 1.27 bits per heavy atom. The van der Waals surface area contributed by atoms with E-state index in [2.05, 4.69) is 10.3 Å². The summed E-state index contributed by atoms with van der Waals surface area (Å²) >= 11 is 5.72. The molecule has 0 radical (unpaired) electrons. The van der Waals surface area contributed by atoms with Crippen molar-refractivity contribution in [2.24, 2.45) is 0 Å². The number of alkyl carbamates (subject to hydrolysis) is 1. The number of nitro groups is 1. The van der Waals surface area contributed by atoms with Crippen LogP contribution in [-0.4, -0.2) is 21.6 Å². The zero-order valence-electron chi connectivity index (χ0n) is 14.5. The quantitative estimate of drug-likeness (QED) is 0.467. The largest absolute Gasteiger partial charge is 0.456 e. The molecule has 2 aromatic rings. The van der Waals surface area contributed by atoms with Gasteiger partial charge in [-0.2, -0.15) is 0 Å². The third-order valence-corrected chi connectivity index (χ3v) is 3.23. The Labute approximate surface area is 155 Å². The molecule has 1 heterocycles. The third kappa shape index (κ3) is 5.89. The molecule has 0 bridgehead atoms. The number of nitrogens with one attached hydrogen (secondary N) is 1. The molecule has 1 N–H and O–H groups in total. The first-order valence-corrected chi connectivity index (χ1v) is 8.05. The number of ether oxygens (including phenoxy) is 2. The highest BCUT2D eigenvalue weighted by molar-refractivity contribution is 6.29. The third-order valence-electron chi connectivity index (χ3n) is 3.01. The van der Waals surface area contributed by atoms with Crippen molar-refractivity contribution in [2.45, 2.75) is 32.9 Å². The molecular weight excluding hydrogens is 362 g/mol. The summed E-state index contributed by atoms with van der Waals surface area (Å²) in [5.74, 6) is 0.787. The average Bonchev–Trinajstić information content (AvgIpc) is 2.53. The number of amides is 1. The minimum absolute atomic E-state index is 0.0820. The van der Waals surface area contributed by atoms with E-state index in [1.807, 2.05) is 0 Å². The summed E-state index contributed by atoms with van der Waals surface area (Å²) in [5, 5.41) is 14.0. The molecule has 0 fully saturated rings. The van der Waals surface area contributed by atoms with Gasteiger partial charge in [-0.15, -0.1) is 0 Å². The maximum atomic E-state index is 11.8. The molecule has 0 aliphatic carbocycles. The molecule has 0 aliphatic rings. The number of hydrogen-bond acceptors (Lipinski definition) is 6. The highest BCUT2D eigenvalue weighted by atomic mass is 35.5. The van der Waals surface area contributed by atoms with Crippen LogP contribution in [0, 0.1) is 10.1 Å². The Morgan fingerprint density at radius 3 is 2.54 bits per heavy atom. The van der Waals surface area contributed by atoms with Gasteiger partial charge >= 0.3 is 6.09 Å². The highest BCUT2D eigenvalue weighted by Crippen LogP contribution is 2.28. The molecule has 26 heavy (non-hydrogen) atoms. The first-order chi connectivity index (χ1) is 12.1. The summed E-state index contributed by atoms with van der Waals surface area (Å²) in [7, 11) is 0. The van der Waals surface area contributed by atoms with Crippen LogP contribution < -0.4 is 10.1 Å². The van der Waals surface area contributed by atoms with Gasteiger partial charge in [-0.1, -0.05) is 11.6 Å². The van der Waals surface area contributed by atoms with Gasteiger partial charge in [-0.3, -0.25) is 10.1 Å². The van der Waals surface area contributed by atoms with Crippen molar-refractivity contribution in [3.8, 4) is 11.5 Å². The standard InChI is InChI=1S/C17H18ClN3O5/c1-17(2,3)26-16(22)20-9-11-8-12(4-6-14(11)21(23)24)25-13-5-7-15(18)19-10-13/h4-8,10H,9H2,1-3H3,(H,20,22). The van der Waals surface area contributed by atoms with Gasteiger partial charge in [0.15, 0.2) is 0 Å². The van der Waals surface area contributed by atoms with Crippen molar-refractivity contribution in [1.29, 1.82) is 0 Å². The smallest absolute Gasteiger partial charge is 0.407 e. The second kappa shape index (κ2) is 8.01. The van der Waals surface area contributed by atoms with Gasteiger partial charge in [0.1, 0.15) is 22.3 Å². The minimum atomic E-state index is -0.667. The molecule has 9 heteroatoms. The minimum Gasteiger partial charge on any atom is -0.456 e. The SMILES string of the molecule is CC(C)(C)OC(=O)NCc1cc(Oc2ccc(Cl)nc2)ccc1[N+](=O)[O-]. The molecule has 0 saturated carbocycles. The lowest BCUT2D eigenvalue weighted by Crippen LogP contribution is -2.32. The molecular formula is C17H18ClN3O5. The van der Waals surface area contributed by atoms with Crippen LogP contribution in [0.2, 0.25) is 5.15 Å². The number of aromatic nitrogens is 1. The lowest BCUT2D eigenvalue weighted by atomic mass is 10.1. The summed E-state index contributed by atoms with van der Waals surface area (Å²) in [6.07, 6.45) is 0.766. The molecule has 0 unspecified atom stereocenters. The van der Waals surface area contributed by atoms with Crippen molar-refractivity contribution in [1.82, 2.24) is 10.3 Å². The van der Waals surface area contributed by atoms with Gasteiger partial charge < -0.3 is 14.8 Å². The molecule has 1 amide bonds. The number of rotatable bonds is 5. The first-order valence-electron chi connectivity index (χ1n) is 7.67. The van der Waals surface area contributed by atoms with Crippen LogP contribution in [0.4, 0.5) is 10.5 Å². The zero-order valence-corrected chi connectivity index (χ0v) is 15.2. The van der Waals surface area contributed by atoms with Gasteiger partial charge in [0, 0.05) is 6.07 Å². The second-order valence-corrected chi connectivity index (χ2v) is 6.71. The maximum absolute atomic E-state index is 11.8. The van der Waals surface area contributed by atoms with Crippen molar-refractivity contribution in [3.05, 3.63) is 57.4 Å². The lowest BCUT2D eigenvalue weighted by molar-refractivity contribution is -0.385. The number of carbonyl (C=O) groups excluding carboxylic acids is 1. The molecule has 8 nitrogen and oxygen atoms in total. The normalized spacial score (nSPS) is 10.9. The van der Waals surface area contributed by atoms with Crippen LogP contribution in [-0.2, 0) is 11.3 Å². The first kappa shape index (κ1) is 19.5. The fourth-order valence-electron chi connectivity index (χ4n) is 1.99. The summed E-state index contributed by atoms with van der Waals surface area (Å²) in [6.45, 7) is 5.10. The Bertz CT molecular complexity index is 803. The van der Waals surface area contributed by atoms with Gasteiger partial charge in [0.2, 0.25) is 0 Å². The van der Waals surface area contributed by atoms with Crippen LogP contribution in [0.5, 0.6) is 11.5 Å². The number of benzene rings is 1. The number of halogens is 1. The fraction of sp³-hybridized carbons (Fsp3) is 0.294. The van der Waals surface area contributed by atoms with E-state index in [9.17, 15) is 14.9 Å². The molecule has 2 rings (SSSR count). The maximum Gasteiger partial charge on any atom is 0.407 e. The van der Waals surface area contributed by atoms with E-state index >= 15 is 0 Å². The van der Waals surface area contributed by atoms with Crippen molar-refractivity contribution in [2.75, 3.05) is 0 Å². The molecule has 1 aromatic heterocycles. The molecule has 0 atom stereocenters. The Morgan fingerprint density at radius 2 is 1.96 bits per heavy atom. The number of carbonyl (C=O) groups is 1. The average molecular weight is 380 g/mol. The van der Waals surface area contributed by atoms with Crippen LogP contribution in [0.1, 0.15) is 26.3 Å². The van der Waals surface area contributed by atoms with Gasteiger partial charge in [0.25, 0.3) is 5.69 Å². The molecule has 0 aliphatic heterocycles.